The summed E-state index contributed by atoms with van der Waals surface area (Å²) < 4.78 is 4.89. The van der Waals surface area contributed by atoms with Crippen LogP contribution in [0, 0.1) is 17.2 Å². The highest BCUT2D eigenvalue weighted by Gasteiger charge is 2.20. The van der Waals surface area contributed by atoms with Gasteiger partial charge in [-0.2, -0.15) is 5.26 Å². The summed E-state index contributed by atoms with van der Waals surface area (Å²) in [5.41, 5.74) is 0. The molecule has 0 N–H and O–H groups in total. The highest BCUT2D eigenvalue weighted by atomic mass is 35.5. The molecular weight excluding hydrogens is 228 g/mol. The lowest BCUT2D eigenvalue weighted by atomic mass is 9.94. The first-order valence-corrected chi connectivity index (χ1v) is 5.51. The number of ether oxygens (including phenoxy) is 1. The lowest BCUT2D eigenvalue weighted by Crippen LogP contribution is -2.37. The van der Waals surface area contributed by atoms with Crippen LogP contribution in [0.5, 0.6) is 0 Å². The second-order valence-corrected chi connectivity index (χ2v) is 3.89. The molecule has 1 aliphatic heterocycles. The summed E-state index contributed by atoms with van der Waals surface area (Å²) in [5, 5.41) is 8.56. The maximum absolute atomic E-state index is 11.2. The average molecular weight is 247 g/mol. The zero-order chi connectivity index (χ0) is 11.1. The zero-order valence-corrected chi connectivity index (χ0v) is 10.5. The first-order valence-electron chi connectivity index (χ1n) is 5.51. The molecular formula is C11H19ClN2O2. The Morgan fingerprint density at radius 2 is 2.12 bits per heavy atom. The van der Waals surface area contributed by atoms with Crippen molar-refractivity contribution >= 4 is 18.4 Å². The van der Waals surface area contributed by atoms with Crippen LogP contribution in [-0.2, 0) is 9.53 Å². The number of piperidine rings is 1. The van der Waals surface area contributed by atoms with Gasteiger partial charge in [0.25, 0.3) is 0 Å². The van der Waals surface area contributed by atoms with Gasteiger partial charge in [0.2, 0.25) is 0 Å². The van der Waals surface area contributed by atoms with Gasteiger partial charge in [0.05, 0.1) is 19.2 Å². The predicted octanol–water partition coefficient (Wildman–Crippen LogP) is 1.60. The normalized spacial score (nSPS) is 17.2. The molecule has 4 nitrogen and oxygen atoms in total. The van der Waals surface area contributed by atoms with E-state index in [1.807, 2.05) is 6.92 Å². The molecule has 16 heavy (non-hydrogen) atoms. The van der Waals surface area contributed by atoms with Crippen LogP contribution in [0.2, 0.25) is 0 Å². The van der Waals surface area contributed by atoms with Crippen molar-refractivity contribution in [3.8, 4) is 6.07 Å². The van der Waals surface area contributed by atoms with Crippen molar-refractivity contribution in [2.24, 2.45) is 5.92 Å². The smallest absolute Gasteiger partial charge is 0.320 e. The number of rotatable bonds is 4. The number of nitrogens with zero attached hydrogens (tertiary/aromatic N) is 2. The van der Waals surface area contributed by atoms with E-state index in [9.17, 15) is 4.79 Å². The van der Waals surface area contributed by atoms with Crippen molar-refractivity contribution in [2.45, 2.75) is 26.2 Å². The second kappa shape index (κ2) is 8.37. The fourth-order valence-electron chi connectivity index (χ4n) is 1.87. The first kappa shape index (κ1) is 15.2. The summed E-state index contributed by atoms with van der Waals surface area (Å²) in [6, 6.07) is 2.20. The zero-order valence-electron chi connectivity index (χ0n) is 9.65. The maximum Gasteiger partial charge on any atom is 0.320 e. The lowest BCUT2D eigenvalue weighted by molar-refractivity contribution is -0.144. The van der Waals surface area contributed by atoms with E-state index in [0.717, 1.165) is 25.9 Å². The monoisotopic (exact) mass is 246 g/mol. The van der Waals surface area contributed by atoms with Crippen molar-refractivity contribution < 1.29 is 9.53 Å². The molecule has 0 aromatic carbocycles. The van der Waals surface area contributed by atoms with Gasteiger partial charge >= 0.3 is 5.97 Å². The highest BCUT2D eigenvalue weighted by Crippen LogP contribution is 2.19. The molecule has 0 unspecified atom stereocenters. The minimum atomic E-state index is -0.142. The van der Waals surface area contributed by atoms with Gasteiger partial charge < -0.3 is 4.74 Å². The van der Waals surface area contributed by atoms with Crippen LogP contribution < -0.4 is 0 Å². The molecule has 0 amide bonds. The molecule has 0 aliphatic carbocycles. The van der Waals surface area contributed by atoms with E-state index in [1.165, 1.54) is 0 Å². The number of carbonyl (C=O) groups is 1. The molecule has 0 spiro atoms. The van der Waals surface area contributed by atoms with E-state index < -0.39 is 0 Å². The van der Waals surface area contributed by atoms with Gasteiger partial charge in [0.15, 0.2) is 0 Å². The predicted molar refractivity (Wildman–Crippen MR) is 63.3 cm³/mol. The summed E-state index contributed by atoms with van der Waals surface area (Å²) >= 11 is 0. The Hall–Kier alpha value is -0.790. The Morgan fingerprint density at radius 1 is 1.50 bits per heavy atom. The SMILES string of the molecule is CCOC(=O)CN1CCC(CC#N)CC1.Cl. The molecule has 0 bridgehead atoms. The van der Waals surface area contributed by atoms with Crippen LogP contribution in [-0.4, -0.2) is 37.1 Å². The second-order valence-electron chi connectivity index (χ2n) is 3.89. The molecule has 1 aliphatic rings. The van der Waals surface area contributed by atoms with Crippen molar-refractivity contribution in [1.82, 2.24) is 4.90 Å². The number of esters is 1. The minimum Gasteiger partial charge on any atom is -0.465 e. The van der Waals surface area contributed by atoms with Crippen LogP contribution in [0.15, 0.2) is 0 Å². The van der Waals surface area contributed by atoms with Gasteiger partial charge in [-0.25, -0.2) is 0 Å². The number of likely N-dealkylation sites (tertiary alicyclic amines) is 1. The Kier molecular flexibility index (Phi) is 7.96. The molecule has 1 fully saturated rings. The summed E-state index contributed by atoms with van der Waals surface area (Å²) in [6.45, 7) is 4.48. The van der Waals surface area contributed by atoms with E-state index in [0.29, 0.717) is 25.5 Å². The van der Waals surface area contributed by atoms with Crippen molar-refractivity contribution in [3.63, 3.8) is 0 Å². The Balaban J connectivity index is 0.00000225. The Bertz CT molecular complexity index is 245. The van der Waals surface area contributed by atoms with Crippen LogP contribution in [0.4, 0.5) is 0 Å². The van der Waals surface area contributed by atoms with E-state index in [1.54, 1.807) is 0 Å². The Labute approximate surface area is 103 Å². The largest absolute Gasteiger partial charge is 0.465 e. The van der Waals surface area contributed by atoms with E-state index in [2.05, 4.69) is 11.0 Å². The molecule has 0 atom stereocenters. The van der Waals surface area contributed by atoms with E-state index >= 15 is 0 Å². The third-order valence-corrected chi connectivity index (χ3v) is 2.75. The summed E-state index contributed by atoms with van der Waals surface area (Å²) in [5.74, 6) is 0.379. The average Bonchev–Trinajstić information content (AvgIpc) is 2.22. The van der Waals surface area contributed by atoms with Crippen molar-refractivity contribution in [3.05, 3.63) is 0 Å². The number of carbonyl (C=O) groups excluding carboxylic acids is 1. The topological polar surface area (TPSA) is 53.3 Å². The van der Waals surface area contributed by atoms with Gasteiger partial charge in [-0.1, -0.05) is 0 Å². The van der Waals surface area contributed by atoms with Crippen molar-refractivity contribution in [2.75, 3.05) is 26.2 Å². The van der Waals surface area contributed by atoms with Gasteiger partial charge in [-0.05, 0) is 38.8 Å². The van der Waals surface area contributed by atoms with Crippen LogP contribution in [0.25, 0.3) is 0 Å². The third kappa shape index (κ3) is 5.34. The molecule has 1 heterocycles. The molecule has 1 rings (SSSR count). The standard InChI is InChI=1S/C11H18N2O2.ClH/c1-2-15-11(14)9-13-7-4-10(3-6-12)5-8-13;/h10H,2-5,7-9H2,1H3;1H. The summed E-state index contributed by atoms with van der Waals surface area (Å²) in [6.07, 6.45) is 2.69. The van der Waals surface area contributed by atoms with E-state index in [4.69, 9.17) is 10.00 Å². The quantitative estimate of drug-likeness (QED) is 0.707. The maximum atomic E-state index is 11.2. The lowest BCUT2D eigenvalue weighted by Gasteiger charge is -2.29. The molecule has 5 heteroatoms. The van der Waals surface area contributed by atoms with Gasteiger partial charge in [0.1, 0.15) is 0 Å². The molecule has 0 aromatic rings. The Morgan fingerprint density at radius 3 is 2.62 bits per heavy atom. The molecule has 0 saturated carbocycles. The number of nitriles is 1. The first-order chi connectivity index (χ1) is 7.26. The number of hydrogen-bond donors (Lipinski definition) is 0. The fourth-order valence-corrected chi connectivity index (χ4v) is 1.87. The summed E-state index contributed by atoms with van der Waals surface area (Å²) in [4.78, 5) is 13.3. The van der Waals surface area contributed by atoms with Gasteiger partial charge in [-0.15, -0.1) is 12.4 Å². The van der Waals surface area contributed by atoms with Gasteiger partial charge in [-0.3, -0.25) is 9.69 Å². The number of halogens is 1. The molecule has 1 saturated heterocycles. The minimum absolute atomic E-state index is 0. The molecule has 92 valence electrons. The van der Waals surface area contributed by atoms with Crippen LogP contribution in [0.3, 0.4) is 0 Å². The highest BCUT2D eigenvalue weighted by molar-refractivity contribution is 5.85. The van der Waals surface area contributed by atoms with Gasteiger partial charge in [0, 0.05) is 6.42 Å². The van der Waals surface area contributed by atoms with Crippen molar-refractivity contribution in [1.29, 1.82) is 5.26 Å². The molecule has 0 aromatic heterocycles. The summed E-state index contributed by atoms with van der Waals surface area (Å²) in [7, 11) is 0. The van der Waals surface area contributed by atoms with Crippen LogP contribution >= 0.6 is 12.4 Å². The fraction of sp³-hybridized carbons (Fsp3) is 0.818. The number of hydrogen-bond acceptors (Lipinski definition) is 4. The third-order valence-electron chi connectivity index (χ3n) is 2.75. The molecule has 0 radical (unpaired) electrons. The van der Waals surface area contributed by atoms with E-state index in [-0.39, 0.29) is 18.4 Å². The van der Waals surface area contributed by atoms with Crippen LogP contribution in [0.1, 0.15) is 26.2 Å².